The Balaban J connectivity index is 2.84. The molecule has 3 heteroatoms. The Morgan fingerprint density at radius 1 is 1.40 bits per heavy atom. The highest BCUT2D eigenvalue weighted by Gasteiger charge is 1.88. The molecule has 0 saturated heterocycles. The van der Waals surface area contributed by atoms with Gasteiger partial charge >= 0.3 is 0 Å². The van der Waals surface area contributed by atoms with Crippen LogP contribution in [0.2, 0.25) is 0 Å². The Morgan fingerprint density at radius 3 is 2.60 bits per heavy atom. The van der Waals surface area contributed by atoms with Gasteiger partial charge in [-0.25, -0.2) is 0 Å². The number of carboxylic acids is 1. The van der Waals surface area contributed by atoms with Crippen LogP contribution in [0.15, 0.2) is 0 Å². The van der Waals surface area contributed by atoms with Gasteiger partial charge in [-0.15, -0.1) is 0 Å². The molecular weight excluding hydrogens is 132 g/mol. The van der Waals surface area contributed by atoms with E-state index >= 15 is 0 Å². The molecule has 0 atom stereocenters. The topological polar surface area (TPSA) is 49.4 Å². The van der Waals surface area contributed by atoms with Crippen molar-refractivity contribution in [1.82, 2.24) is 0 Å². The molecule has 0 aromatic heterocycles. The minimum absolute atomic E-state index is 0.170. The predicted molar refractivity (Wildman–Crippen MR) is 35.4 cm³/mol. The van der Waals surface area contributed by atoms with E-state index in [4.69, 9.17) is 4.74 Å². The van der Waals surface area contributed by atoms with Crippen LogP contribution >= 0.6 is 0 Å². The number of carboxylic acid groups (broad SMARTS) is 1. The van der Waals surface area contributed by atoms with Gasteiger partial charge in [0.2, 0.25) is 0 Å². The second-order valence-corrected chi connectivity index (χ2v) is 2.18. The van der Waals surface area contributed by atoms with Crippen LogP contribution in [0.25, 0.3) is 0 Å². The van der Waals surface area contributed by atoms with E-state index in [0.29, 0.717) is 13.0 Å². The standard InChI is InChI=1S/C7H14O3/c1-10-6-4-2-3-5-7(8)9/h2-6H2,1H3,(H,8,9)/p-1. The zero-order valence-electron chi connectivity index (χ0n) is 6.26. The highest BCUT2D eigenvalue weighted by molar-refractivity contribution is 5.63. The van der Waals surface area contributed by atoms with Gasteiger partial charge in [0.25, 0.3) is 0 Å². The summed E-state index contributed by atoms with van der Waals surface area (Å²) in [5, 5.41) is 9.89. The minimum Gasteiger partial charge on any atom is -0.550 e. The average Bonchev–Trinajstić information content (AvgIpc) is 1.87. The number of hydrogen-bond donors (Lipinski definition) is 0. The number of carbonyl (C=O) groups excluding carboxylic acids is 1. The maximum Gasteiger partial charge on any atom is 0.0462 e. The maximum atomic E-state index is 9.89. The van der Waals surface area contributed by atoms with Gasteiger partial charge in [0.1, 0.15) is 0 Å². The molecule has 0 saturated carbocycles. The number of rotatable bonds is 6. The molecule has 3 nitrogen and oxygen atoms in total. The third-order valence-corrected chi connectivity index (χ3v) is 1.23. The van der Waals surface area contributed by atoms with E-state index in [2.05, 4.69) is 0 Å². The van der Waals surface area contributed by atoms with Crippen molar-refractivity contribution in [2.24, 2.45) is 0 Å². The summed E-state index contributed by atoms with van der Waals surface area (Å²) in [5.74, 6) is -0.961. The van der Waals surface area contributed by atoms with Gasteiger partial charge in [0, 0.05) is 19.7 Å². The Bertz CT molecular complexity index is 90.9. The van der Waals surface area contributed by atoms with Crippen molar-refractivity contribution in [3.63, 3.8) is 0 Å². The molecule has 0 aliphatic rings. The van der Waals surface area contributed by atoms with Crippen molar-refractivity contribution >= 4 is 5.97 Å². The lowest BCUT2D eigenvalue weighted by atomic mass is 10.2. The summed E-state index contributed by atoms with van der Waals surface area (Å²) < 4.78 is 4.79. The predicted octanol–water partition coefficient (Wildman–Crippen LogP) is -0.0569. The normalized spacial score (nSPS) is 9.70. The first-order valence-electron chi connectivity index (χ1n) is 3.46. The SMILES string of the molecule is COCCCCCC(=O)[O-]. The first-order valence-corrected chi connectivity index (χ1v) is 3.46. The Morgan fingerprint density at radius 2 is 2.10 bits per heavy atom. The second kappa shape index (κ2) is 6.55. The lowest BCUT2D eigenvalue weighted by Crippen LogP contribution is -2.21. The fourth-order valence-electron chi connectivity index (χ4n) is 0.693. The first-order chi connectivity index (χ1) is 4.77. The molecule has 0 bridgehead atoms. The lowest BCUT2D eigenvalue weighted by molar-refractivity contribution is -0.305. The number of hydrogen-bond acceptors (Lipinski definition) is 3. The van der Waals surface area contributed by atoms with Crippen molar-refractivity contribution in [3.8, 4) is 0 Å². The van der Waals surface area contributed by atoms with Crippen LogP contribution in [0.5, 0.6) is 0 Å². The fraction of sp³-hybridized carbons (Fsp3) is 0.857. The van der Waals surface area contributed by atoms with Crippen LogP contribution in [0, 0.1) is 0 Å². The first kappa shape index (κ1) is 9.43. The molecule has 0 fully saturated rings. The largest absolute Gasteiger partial charge is 0.550 e. The molecule has 0 aromatic carbocycles. The molecule has 10 heavy (non-hydrogen) atoms. The molecular formula is C7H13O3-. The van der Waals surface area contributed by atoms with Crippen LogP contribution in [-0.4, -0.2) is 19.7 Å². The van der Waals surface area contributed by atoms with Gasteiger partial charge in [-0.3, -0.25) is 0 Å². The van der Waals surface area contributed by atoms with E-state index in [1.54, 1.807) is 7.11 Å². The number of unbranched alkanes of at least 4 members (excludes halogenated alkanes) is 2. The van der Waals surface area contributed by atoms with Crippen LogP contribution < -0.4 is 5.11 Å². The average molecular weight is 145 g/mol. The van der Waals surface area contributed by atoms with Gasteiger partial charge in [-0.1, -0.05) is 6.42 Å². The van der Waals surface area contributed by atoms with Gasteiger partial charge in [0.15, 0.2) is 0 Å². The summed E-state index contributed by atoms with van der Waals surface area (Å²) in [7, 11) is 1.64. The smallest absolute Gasteiger partial charge is 0.0462 e. The van der Waals surface area contributed by atoms with E-state index in [9.17, 15) is 9.90 Å². The molecule has 0 spiro atoms. The Kier molecular flexibility index (Phi) is 6.18. The highest BCUT2D eigenvalue weighted by atomic mass is 16.5. The molecule has 60 valence electrons. The molecule has 0 radical (unpaired) electrons. The van der Waals surface area contributed by atoms with Crippen LogP contribution in [-0.2, 0) is 9.53 Å². The quantitative estimate of drug-likeness (QED) is 0.492. The van der Waals surface area contributed by atoms with Crippen molar-refractivity contribution in [2.75, 3.05) is 13.7 Å². The number of ether oxygens (including phenoxy) is 1. The van der Waals surface area contributed by atoms with E-state index < -0.39 is 5.97 Å². The molecule has 0 aromatic rings. The molecule has 0 aliphatic carbocycles. The molecule has 0 aliphatic heterocycles. The minimum atomic E-state index is -0.961. The second-order valence-electron chi connectivity index (χ2n) is 2.18. The lowest BCUT2D eigenvalue weighted by Gasteiger charge is -2.00. The monoisotopic (exact) mass is 145 g/mol. The van der Waals surface area contributed by atoms with E-state index in [1.165, 1.54) is 0 Å². The van der Waals surface area contributed by atoms with E-state index in [1.807, 2.05) is 0 Å². The van der Waals surface area contributed by atoms with Crippen LogP contribution in [0.3, 0.4) is 0 Å². The summed E-state index contributed by atoms with van der Waals surface area (Å²) in [6, 6.07) is 0. The van der Waals surface area contributed by atoms with E-state index in [-0.39, 0.29) is 6.42 Å². The maximum absolute atomic E-state index is 9.89. The molecule has 0 amide bonds. The third kappa shape index (κ3) is 7.43. The van der Waals surface area contributed by atoms with Crippen LogP contribution in [0.1, 0.15) is 25.7 Å². The van der Waals surface area contributed by atoms with E-state index in [0.717, 1.165) is 12.8 Å². The molecule has 0 rings (SSSR count). The Labute approximate surface area is 61.0 Å². The van der Waals surface area contributed by atoms with Gasteiger partial charge in [-0.05, 0) is 19.3 Å². The Hall–Kier alpha value is -0.570. The summed E-state index contributed by atoms with van der Waals surface area (Å²) in [6.45, 7) is 0.715. The summed E-state index contributed by atoms with van der Waals surface area (Å²) in [5.41, 5.74) is 0. The zero-order chi connectivity index (χ0) is 7.82. The van der Waals surface area contributed by atoms with Gasteiger partial charge in [0.05, 0.1) is 0 Å². The molecule has 0 unspecified atom stereocenters. The van der Waals surface area contributed by atoms with Crippen molar-refractivity contribution < 1.29 is 14.6 Å². The van der Waals surface area contributed by atoms with Gasteiger partial charge < -0.3 is 14.6 Å². The number of aliphatic carboxylic acids is 1. The summed E-state index contributed by atoms with van der Waals surface area (Å²) in [6.07, 6.45) is 2.71. The highest BCUT2D eigenvalue weighted by Crippen LogP contribution is 1.98. The van der Waals surface area contributed by atoms with Crippen LogP contribution in [0.4, 0.5) is 0 Å². The van der Waals surface area contributed by atoms with Crippen molar-refractivity contribution in [1.29, 1.82) is 0 Å². The zero-order valence-corrected chi connectivity index (χ0v) is 6.26. The third-order valence-electron chi connectivity index (χ3n) is 1.23. The molecule has 0 N–H and O–H groups in total. The van der Waals surface area contributed by atoms with Gasteiger partial charge in [-0.2, -0.15) is 0 Å². The fourth-order valence-corrected chi connectivity index (χ4v) is 0.693. The number of methoxy groups -OCH3 is 1. The summed E-state index contributed by atoms with van der Waals surface area (Å²) >= 11 is 0. The summed E-state index contributed by atoms with van der Waals surface area (Å²) in [4.78, 5) is 9.89. The van der Waals surface area contributed by atoms with Crippen molar-refractivity contribution in [2.45, 2.75) is 25.7 Å². The number of carbonyl (C=O) groups is 1. The molecule has 0 heterocycles. The van der Waals surface area contributed by atoms with Crippen molar-refractivity contribution in [3.05, 3.63) is 0 Å².